The summed E-state index contributed by atoms with van der Waals surface area (Å²) in [6, 6.07) is 12.9. The van der Waals surface area contributed by atoms with Gasteiger partial charge in [-0.15, -0.1) is 0 Å². The summed E-state index contributed by atoms with van der Waals surface area (Å²) < 4.78 is 13.8. The van der Waals surface area contributed by atoms with E-state index in [1.54, 1.807) is 24.3 Å². The molecule has 1 unspecified atom stereocenters. The average molecular weight is 288 g/mol. The SMILES string of the molecule is Cc1ccc(C(C#N)C(=O)c2c(F)cccc2Cl)cc1. The molecule has 0 aromatic heterocycles. The fourth-order valence-corrected chi connectivity index (χ4v) is 2.18. The van der Waals surface area contributed by atoms with Gasteiger partial charge in [0.15, 0.2) is 5.78 Å². The highest BCUT2D eigenvalue weighted by Gasteiger charge is 2.26. The molecule has 2 rings (SSSR count). The molecule has 1 atom stereocenters. The molecule has 20 heavy (non-hydrogen) atoms. The van der Waals surface area contributed by atoms with E-state index in [0.717, 1.165) is 11.6 Å². The first kappa shape index (κ1) is 14.2. The van der Waals surface area contributed by atoms with Crippen molar-refractivity contribution < 1.29 is 9.18 Å². The van der Waals surface area contributed by atoms with Crippen LogP contribution in [0.1, 0.15) is 27.4 Å². The highest BCUT2D eigenvalue weighted by molar-refractivity contribution is 6.34. The lowest BCUT2D eigenvalue weighted by Gasteiger charge is -2.11. The number of nitrogens with zero attached hydrogens (tertiary/aromatic N) is 1. The standard InChI is InChI=1S/C16H11ClFNO/c1-10-5-7-11(8-6-10)12(9-19)16(20)15-13(17)3-2-4-14(15)18/h2-8,12H,1H3. The Morgan fingerprint density at radius 1 is 1.25 bits per heavy atom. The van der Waals surface area contributed by atoms with Crippen molar-refractivity contribution in [3.05, 3.63) is 70.0 Å². The number of hydrogen-bond acceptors (Lipinski definition) is 2. The summed E-state index contributed by atoms with van der Waals surface area (Å²) in [7, 11) is 0. The second-order valence-electron chi connectivity index (χ2n) is 4.43. The molecule has 0 spiro atoms. The quantitative estimate of drug-likeness (QED) is 0.791. The Morgan fingerprint density at radius 2 is 1.90 bits per heavy atom. The van der Waals surface area contributed by atoms with Crippen LogP contribution in [0.4, 0.5) is 4.39 Å². The predicted molar refractivity (Wildman–Crippen MR) is 75.3 cm³/mol. The van der Waals surface area contributed by atoms with Gasteiger partial charge in [-0.1, -0.05) is 47.5 Å². The van der Waals surface area contributed by atoms with E-state index in [2.05, 4.69) is 0 Å². The molecule has 2 aromatic carbocycles. The van der Waals surface area contributed by atoms with Gasteiger partial charge in [0, 0.05) is 0 Å². The van der Waals surface area contributed by atoms with E-state index >= 15 is 0 Å². The second kappa shape index (κ2) is 5.85. The Hall–Kier alpha value is -2.18. The van der Waals surface area contributed by atoms with Gasteiger partial charge in [-0.05, 0) is 24.6 Å². The Balaban J connectivity index is 2.45. The van der Waals surface area contributed by atoms with Gasteiger partial charge in [0.1, 0.15) is 11.7 Å². The van der Waals surface area contributed by atoms with Gasteiger partial charge in [0.2, 0.25) is 0 Å². The topological polar surface area (TPSA) is 40.9 Å². The zero-order valence-corrected chi connectivity index (χ0v) is 11.5. The van der Waals surface area contributed by atoms with Crippen molar-refractivity contribution >= 4 is 17.4 Å². The number of carbonyl (C=O) groups is 1. The Bertz CT molecular complexity index is 668. The molecule has 0 amide bonds. The van der Waals surface area contributed by atoms with Crippen LogP contribution in [0.3, 0.4) is 0 Å². The fourth-order valence-electron chi connectivity index (χ4n) is 1.92. The average Bonchev–Trinajstić information content (AvgIpc) is 2.41. The summed E-state index contributed by atoms with van der Waals surface area (Å²) in [4.78, 5) is 12.4. The summed E-state index contributed by atoms with van der Waals surface area (Å²) in [5, 5.41) is 9.24. The molecule has 0 fully saturated rings. The molecular formula is C16H11ClFNO. The molecule has 4 heteroatoms. The molecule has 0 saturated carbocycles. The van der Waals surface area contributed by atoms with Crippen molar-refractivity contribution in [2.24, 2.45) is 0 Å². The van der Waals surface area contributed by atoms with Crippen LogP contribution >= 0.6 is 11.6 Å². The third kappa shape index (κ3) is 2.71. The molecule has 0 aliphatic heterocycles. The number of nitriles is 1. The van der Waals surface area contributed by atoms with E-state index in [1.165, 1.54) is 12.1 Å². The zero-order chi connectivity index (χ0) is 14.7. The van der Waals surface area contributed by atoms with Crippen LogP contribution in [-0.2, 0) is 0 Å². The summed E-state index contributed by atoms with van der Waals surface area (Å²) >= 11 is 5.87. The summed E-state index contributed by atoms with van der Waals surface area (Å²) in [6.45, 7) is 1.90. The van der Waals surface area contributed by atoms with Gasteiger partial charge in [0.25, 0.3) is 0 Å². The molecule has 0 radical (unpaired) electrons. The van der Waals surface area contributed by atoms with Crippen molar-refractivity contribution in [1.29, 1.82) is 5.26 Å². The summed E-state index contributed by atoms with van der Waals surface area (Å²) in [5.41, 5.74) is 1.31. The Kier molecular flexibility index (Phi) is 4.16. The summed E-state index contributed by atoms with van der Waals surface area (Å²) in [5.74, 6) is -2.40. The minimum absolute atomic E-state index is 0.0161. The summed E-state index contributed by atoms with van der Waals surface area (Å²) in [6.07, 6.45) is 0. The van der Waals surface area contributed by atoms with Gasteiger partial charge in [-0.2, -0.15) is 5.26 Å². The number of hydrogen-bond donors (Lipinski definition) is 0. The molecule has 0 N–H and O–H groups in total. The Morgan fingerprint density at radius 3 is 2.45 bits per heavy atom. The normalized spacial score (nSPS) is 11.7. The number of ketones is 1. The van der Waals surface area contributed by atoms with E-state index in [0.29, 0.717) is 5.56 Å². The van der Waals surface area contributed by atoms with Crippen LogP contribution in [0.5, 0.6) is 0 Å². The van der Waals surface area contributed by atoms with E-state index in [9.17, 15) is 14.4 Å². The second-order valence-corrected chi connectivity index (χ2v) is 4.84. The van der Waals surface area contributed by atoms with Crippen LogP contribution < -0.4 is 0 Å². The van der Waals surface area contributed by atoms with Crippen molar-refractivity contribution in [2.45, 2.75) is 12.8 Å². The van der Waals surface area contributed by atoms with Crippen LogP contribution in [0.2, 0.25) is 5.02 Å². The molecule has 2 nitrogen and oxygen atoms in total. The van der Waals surface area contributed by atoms with Crippen LogP contribution in [0, 0.1) is 24.1 Å². The number of halogens is 2. The number of rotatable bonds is 3. The monoisotopic (exact) mass is 287 g/mol. The van der Waals surface area contributed by atoms with Gasteiger partial charge in [-0.25, -0.2) is 4.39 Å². The molecule has 0 aliphatic carbocycles. The van der Waals surface area contributed by atoms with Gasteiger partial charge in [-0.3, -0.25) is 4.79 Å². The number of benzene rings is 2. The first-order valence-corrected chi connectivity index (χ1v) is 6.37. The van der Waals surface area contributed by atoms with Gasteiger partial charge < -0.3 is 0 Å². The fraction of sp³-hybridized carbons (Fsp3) is 0.125. The van der Waals surface area contributed by atoms with E-state index in [-0.39, 0.29) is 10.6 Å². The minimum atomic E-state index is -1.06. The molecule has 0 heterocycles. The van der Waals surface area contributed by atoms with Crippen LogP contribution in [-0.4, -0.2) is 5.78 Å². The zero-order valence-electron chi connectivity index (χ0n) is 10.7. The lowest BCUT2D eigenvalue weighted by Crippen LogP contribution is -2.13. The van der Waals surface area contributed by atoms with E-state index in [4.69, 9.17) is 11.6 Å². The maximum absolute atomic E-state index is 13.8. The van der Waals surface area contributed by atoms with Gasteiger partial charge in [0.05, 0.1) is 16.7 Å². The molecule has 0 bridgehead atoms. The van der Waals surface area contributed by atoms with Crippen LogP contribution in [0.25, 0.3) is 0 Å². The maximum Gasteiger partial charge on any atom is 0.188 e. The highest BCUT2D eigenvalue weighted by Crippen LogP contribution is 2.27. The van der Waals surface area contributed by atoms with Crippen molar-refractivity contribution in [3.63, 3.8) is 0 Å². The third-order valence-electron chi connectivity index (χ3n) is 3.01. The van der Waals surface area contributed by atoms with Gasteiger partial charge >= 0.3 is 0 Å². The maximum atomic E-state index is 13.8. The first-order chi connectivity index (χ1) is 9.54. The molecule has 0 aliphatic rings. The van der Waals surface area contributed by atoms with Crippen molar-refractivity contribution in [1.82, 2.24) is 0 Å². The third-order valence-corrected chi connectivity index (χ3v) is 3.33. The van der Waals surface area contributed by atoms with Crippen LogP contribution in [0.15, 0.2) is 42.5 Å². The van der Waals surface area contributed by atoms with E-state index in [1.807, 2.05) is 13.0 Å². The molecule has 0 saturated heterocycles. The highest BCUT2D eigenvalue weighted by atomic mass is 35.5. The lowest BCUT2D eigenvalue weighted by molar-refractivity contribution is 0.0975. The smallest absolute Gasteiger partial charge is 0.188 e. The van der Waals surface area contributed by atoms with E-state index < -0.39 is 17.5 Å². The molecule has 2 aromatic rings. The molecule has 100 valence electrons. The minimum Gasteiger partial charge on any atom is -0.292 e. The number of Topliss-reactive ketones (excluding diaryl/α,β-unsaturated/α-hetero) is 1. The number of carbonyl (C=O) groups excluding carboxylic acids is 1. The lowest BCUT2D eigenvalue weighted by atomic mass is 9.91. The number of aryl methyl sites for hydroxylation is 1. The predicted octanol–water partition coefficient (Wildman–Crippen LogP) is 4.28. The Labute approximate surface area is 121 Å². The molecular weight excluding hydrogens is 277 g/mol. The van der Waals surface area contributed by atoms with Crippen molar-refractivity contribution in [2.75, 3.05) is 0 Å². The van der Waals surface area contributed by atoms with Crippen molar-refractivity contribution in [3.8, 4) is 6.07 Å². The largest absolute Gasteiger partial charge is 0.292 e. The first-order valence-electron chi connectivity index (χ1n) is 5.99.